The van der Waals surface area contributed by atoms with Crippen LogP contribution in [0.1, 0.15) is 17.3 Å². The minimum Gasteiger partial charge on any atom is -0.478 e. The van der Waals surface area contributed by atoms with Gasteiger partial charge in [-0.25, -0.2) is 14.8 Å². The van der Waals surface area contributed by atoms with Crippen LogP contribution in [0, 0.1) is 0 Å². The second kappa shape index (κ2) is 7.97. The molecule has 0 amide bonds. The minimum atomic E-state index is -1.47. The van der Waals surface area contributed by atoms with E-state index in [1.807, 2.05) is 6.26 Å². The van der Waals surface area contributed by atoms with Gasteiger partial charge in [-0.2, -0.15) is 0 Å². The van der Waals surface area contributed by atoms with Crippen LogP contribution < -0.4 is 4.74 Å². The van der Waals surface area contributed by atoms with Crippen molar-refractivity contribution in [2.45, 2.75) is 42.5 Å². The lowest BCUT2D eigenvalue weighted by atomic mass is 10.00. The van der Waals surface area contributed by atoms with Crippen molar-refractivity contribution in [3.8, 4) is 5.75 Å². The first-order chi connectivity index (χ1) is 14.3. The third-order valence-electron chi connectivity index (χ3n) is 5.05. The Morgan fingerprint density at radius 3 is 2.50 bits per heavy atom. The van der Waals surface area contributed by atoms with Crippen LogP contribution in [0.5, 0.6) is 5.75 Å². The molecule has 0 spiro atoms. The number of aromatic carboxylic acids is 1. The van der Waals surface area contributed by atoms with Crippen molar-refractivity contribution in [1.82, 2.24) is 9.97 Å². The number of aliphatic hydroxyl groups excluding tert-OH is 3. The average Bonchev–Trinajstić information content (AvgIpc) is 2.73. The summed E-state index contributed by atoms with van der Waals surface area (Å²) in [5.74, 6) is -0.858. The lowest BCUT2D eigenvalue weighted by Gasteiger charge is -2.38. The van der Waals surface area contributed by atoms with Crippen molar-refractivity contribution >= 4 is 39.8 Å². The van der Waals surface area contributed by atoms with Gasteiger partial charge < -0.3 is 29.9 Å². The molecule has 3 aromatic rings. The molecule has 5 atom stereocenters. The summed E-state index contributed by atoms with van der Waals surface area (Å²) in [6, 6.07) is 8.11. The topological polar surface area (TPSA) is 142 Å². The summed E-state index contributed by atoms with van der Waals surface area (Å²) >= 11 is 1.41. The fraction of sp³-hybridized carbons (Fsp3) is 0.350. The molecule has 1 aromatic heterocycles. The van der Waals surface area contributed by atoms with Gasteiger partial charge >= 0.3 is 5.97 Å². The number of ether oxygens (including phenoxy) is 2. The van der Waals surface area contributed by atoms with E-state index in [-0.39, 0.29) is 16.8 Å². The molecule has 0 saturated carbocycles. The van der Waals surface area contributed by atoms with Gasteiger partial charge in [0.25, 0.3) is 0 Å². The van der Waals surface area contributed by atoms with E-state index in [4.69, 9.17) is 9.47 Å². The molecule has 1 saturated heterocycles. The van der Waals surface area contributed by atoms with Crippen LogP contribution in [0.15, 0.2) is 35.2 Å². The van der Waals surface area contributed by atoms with Crippen LogP contribution in [0.2, 0.25) is 0 Å². The molecule has 2 aromatic carbocycles. The maximum atomic E-state index is 11.6. The number of aromatic nitrogens is 2. The Bertz CT molecular complexity index is 1130. The molecule has 1 aliphatic rings. The molecule has 2 heterocycles. The highest BCUT2D eigenvalue weighted by Gasteiger charge is 2.43. The summed E-state index contributed by atoms with van der Waals surface area (Å²) in [7, 11) is 0. The number of fused-ring (bicyclic) bond motifs is 2. The summed E-state index contributed by atoms with van der Waals surface area (Å²) in [5.41, 5.74) is 1.48. The smallest absolute Gasteiger partial charge is 0.337 e. The zero-order chi connectivity index (χ0) is 21.6. The predicted octanol–water partition coefficient (Wildman–Crippen LogP) is 1.41. The van der Waals surface area contributed by atoms with Crippen LogP contribution in [0.25, 0.3) is 22.1 Å². The summed E-state index contributed by atoms with van der Waals surface area (Å²) in [6.45, 7) is 1.56. The monoisotopic (exact) mass is 432 g/mol. The Labute approximate surface area is 175 Å². The molecule has 4 rings (SSSR count). The van der Waals surface area contributed by atoms with Gasteiger partial charge in [0.2, 0.25) is 6.29 Å². The number of aliphatic hydroxyl groups is 3. The maximum Gasteiger partial charge on any atom is 0.337 e. The highest BCUT2D eigenvalue weighted by molar-refractivity contribution is 7.98. The number of benzene rings is 2. The molecule has 30 heavy (non-hydrogen) atoms. The number of hydrogen-bond acceptors (Lipinski definition) is 9. The molecule has 0 radical (unpaired) electrons. The van der Waals surface area contributed by atoms with E-state index in [1.165, 1.54) is 17.8 Å². The Morgan fingerprint density at radius 1 is 1.03 bits per heavy atom. The van der Waals surface area contributed by atoms with Gasteiger partial charge in [-0.05, 0) is 37.4 Å². The van der Waals surface area contributed by atoms with E-state index in [1.54, 1.807) is 31.2 Å². The standard InChI is InChI=1S/C20H20N2O7S/c1-8-16(23)17(24)18(25)20(28-8)29-11-5-3-4-10-14(11)22-15-12(30-2)7-6-9(19(26)27)13(15)21-10/h3-8,16-18,20,23-25H,1-2H3,(H,26,27)/t8?,16-,17?,18-,20-/m0/s1. The molecule has 10 heteroatoms. The summed E-state index contributed by atoms with van der Waals surface area (Å²) in [6.07, 6.45) is -4.27. The first kappa shape index (κ1) is 20.8. The van der Waals surface area contributed by atoms with Crippen molar-refractivity contribution in [2.24, 2.45) is 0 Å². The molecule has 9 nitrogen and oxygen atoms in total. The first-order valence-corrected chi connectivity index (χ1v) is 10.4. The van der Waals surface area contributed by atoms with Gasteiger partial charge in [-0.1, -0.05) is 6.07 Å². The Morgan fingerprint density at radius 2 is 1.80 bits per heavy atom. The molecule has 4 N–H and O–H groups in total. The van der Waals surface area contributed by atoms with Gasteiger partial charge in [-0.3, -0.25) is 0 Å². The summed E-state index contributed by atoms with van der Waals surface area (Å²) in [5, 5.41) is 39.6. The Kier molecular flexibility index (Phi) is 5.51. The normalized spacial score (nSPS) is 26.8. The molecule has 158 valence electrons. The van der Waals surface area contributed by atoms with E-state index in [0.29, 0.717) is 16.6 Å². The zero-order valence-electron chi connectivity index (χ0n) is 16.1. The van der Waals surface area contributed by atoms with E-state index >= 15 is 0 Å². The third-order valence-corrected chi connectivity index (χ3v) is 5.82. The molecule has 0 bridgehead atoms. The third kappa shape index (κ3) is 3.46. The van der Waals surface area contributed by atoms with Gasteiger partial charge in [0, 0.05) is 4.90 Å². The largest absolute Gasteiger partial charge is 0.478 e. The van der Waals surface area contributed by atoms with Crippen LogP contribution >= 0.6 is 11.8 Å². The lowest BCUT2D eigenvalue weighted by Crippen LogP contribution is -2.58. The van der Waals surface area contributed by atoms with Crippen molar-refractivity contribution in [2.75, 3.05) is 6.26 Å². The van der Waals surface area contributed by atoms with Crippen LogP contribution in [0.4, 0.5) is 0 Å². The van der Waals surface area contributed by atoms with Gasteiger partial charge in [0.05, 0.1) is 17.2 Å². The van der Waals surface area contributed by atoms with E-state index in [2.05, 4.69) is 9.97 Å². The maximum absolute atomic E-state index is 11.6. The molecule has 1 aliphatic heterocycles. The SMILES string of the molecule is CSc1ccc(C(=O)O)c2nc3cccc(O[C@@H]4OC(C)[C@H](O)C(O)[C@@H]4O)c3nc12. The number of carbonyl (C=O) groups is 1. The highest BCUT2D eigenvalue weighted by Crippen LogP contribution is 2.33. The number of rotatable bonds is 4. The van der Waals surface area contributed by atoms with Crippen molar-refractivity contribution in [3.05, 3.63) is 35.9 Å². The average molecular weight is 432 g/mol. The predicted molar refractivity (Wildman–Crippen MR) is 109 cm³/mol. The highest BCUT2D eigenvalue weighted by atomic mass is 32.2. The van der Waals surface area contributed by atoms with E-state index in [9.17, 15) is 25.2 Å². The minimum absolute atomic E-state index is 0.0421. The number of carboxylic acid groups (broad SMARTS) is 1. The van der Waals surface area contributed by atoms with Crippen molar-refractivity contribution in [1.29, 1.82) is 0 Å². The van der Waals surface area contributed by atoms with Crippen molar-refractivity contribution in [3.63, 3.8) is 0 Å². The molecule has 2 unspecified atom stereocenters. The fourth-order valence-electron chi connectivity index (χ4n) is 3.40. The lowest BCUT2D eigenvalue weighted by molar-refractivity contribution is -0.267. The van der Waals surface area contributed by atoms with Crippen molar-refractivity contribution < 1.29 is 34.7 Å². The Hall–Kier alpha value is -2.50. The molecular weight excluding hydrogens is 412 g/mol. The summed E-state index contributed by atoms with van der Waals surface area (Å²) < 4.78 is 11.3. The van der Waals surface area contributed by atoms with Gasteiger partial charge in [0.1, 0.15) is 34.9 Å². The summed E-state index contributed by atoms with van der Waals surface area (Å²) in [4.78, 5) is 21.5. The van der Waals surface area contributed by atoms with E-state index < -0.39 is 36.7 Å². The van der Waals surface area contributed by atoms with Gasteiger partial charge in [0.15, 0.2) is 5.75 Å². The quantitative estimate of drug-likeness (QED) is 0.353. The number of thioether (sulfide) groups is 1. The van der Waals surface area contributed by atoms with Crippen LogP contribution in [-0.2, 0) is 4.74 Å². The second-order valence-electron chi connectivity index (χ2n) is 6.96. The number of nitrogens with zero attached hydrogens (tertiary/aromatic N) is 2. The number of para-hydroxylation sites is 1. The van der Waals surface area contributed by atoms with Crippen LogP contribution in [-0.4, -0.2) is 73.3 Å². The second-order valence-corrected chi connectivity index (χ2v) is 7.81. The molecular formula is C20H20N2O7S. The fourth-order valence-corrected chi connectivity index (χ4v) is 3.94. The van der Waals surface area contributed by atoms with E-state index in [0.717, 1.165) is 4.90 Å². The number of carboxylic acids is 1. The zero-order valence-corrected chi connectivity index (χ0v) is 16.9. The number of hydrogen-bond donors (Lipinski definition) is 4. The first-order valence-electron chi connectivity index (χ1n) is 9.19. The molecule has 1 fully saturated rings. The van der Waals surface area contributed by atoms with Gasteiger partial charge in [-0.15, -0.1) is 11.8 Å². The van der Waals surface area contributed by atoms with Crippen LogP contribution in [0.3, 0.4) is 0 Å². The Balaban J connectivity index is 1.83. The molecule has 0 aliphatic carbocycles.